The van der Waals surface area contributed by atoms with E-state index >= 15 is 0 Å². The molecule has 1 saturated heterocycles. The molecule has 2 aromatic carbocycles. The molecule has 28 heavy (non-hydrogen) atoms. The summed E-state index contributed by atoms with van der Waals surface area (Å²) >= 11 is 0. The molecule has 1 saturated carbocycles. The maximum absolute atomic E-state index is 6.42. The molecule has 1 aliphatic heterocycles. The van der Waals surface area contributed by atoms with E-state index in [1.165, 1.54) is 80.9 Å². The fourth-order valence-corrected chi connectivity index (χ4v) is 5.80. The summed E-state index contributed by atoms with van der Waals surface area (Å²) in [5.41, 5.74) is 6.30. The Morgan fingerprint density at radius 1 is 0.857 bits per heavy atom. The molecule has 2 fully saturated rings. The van der Waals surface area contributed by atoms with Crippen LogP contribution < -0.4 is 0 Å². The van der Waals surface area contributed by atoms with Gasteiger partial charge >= 0.3 is 0 Å². The maximum atomic E-state index is 6.42. The van der Waals surface area contributed by atoms with Crippen LogP contribution in [0.4, 0.5) is 0 Å². The Labute approximate surface area is 171 Å². The Morgan fingerprint density at radius 2 is 1.61 bits per heavy atom. The van der Waals surface area contributed by atoms with Crippen molar-refractivity contribution in [2.45, 2.75) is 89.1 Å². The molecule has 2 aromatic rings. The largest absolute Gasteiger partial charge is 0.375 e. The summed E-state index contributed by atoms with van der Waals surface area (Å²) in [6.45, 7) is 5.37. The first kappa shape index (κ1) is 19.7. The monoisotopic (exact) mass is 376 g/mol. The minimum Gasteiger partial charge on any atom is -0.375 e. The third-order valence-corrected chi connectivity index (χ3v) is 7.25. The lowest BCUT2D eigenvalue weighted by molar-refractivity contribution is -0.104. The summed E-state index contributed by atoms with van der Waals surface area (Å²) in [6, 6.07) is 18.4. The van der Waals surface area contributed by atoms with E-state index in [0.29, 0.717) is 5.41 Å². The Balaban J connectivity index is 1.48. The zero-order valence-electron chi connectivity index (χ0n) is 17.8. The third kappa shape index (κ3) is 4.35. The van der Waals surface area contributed by atoms with Crippen LogP contribution in [0.1, 0.15) is 80.0 Å². The van der Waals surface area contributed by atoms with E-state index in [9.17, 15) is 0 Å². The standard InChI is InChI=1S/C27H36O/c1-22-9-7-12-24(19-22)11-3-4-14-26(25-13-8-10-23(2)20-25)17-18-28-27(21-26)15-5-6-16-27/h7-10,12-13,19-20H,3-6,11,14-18,21H2,1-2H3/t26-/m1/s1. The molecule has 0 radical (unpaired) electrons. The van der Waals surface area contributed by atoms with Gasteiger partial charge in [-0.3, -0.25) is 0 Å². The van der Waals surface area contributed by atoms with Crippen molar-refractivity contribution >= 4 is 0 Å². The first-order valence-electron chi connectivity index (χ1n) is 11.4. The van der Waals surface area contributed by atoms with Gasteiger partial charge in [0.05, 0.1) is 5.60 Å². The van der Waals surface area contributed by atoms with Crippen molar-refractivity contribution in [3.8, 4) is 0 Å². The van der Waals surface area contributed by atoms with E-state index in [1.54, 1.807) is 5.56 Å². The van der Waals surface area contributed by atoms with Gasteiger partial charge < -0.3 is 4.74 Å². The summed E-state index contributed by atoms with van der Waals surface area (Å²) < 4.78 is 6.42. The van der Waals surface area contributed by atoms with Crippen molar-refractivity contribution in [2.75, 3.05) is 6.61 Å². The van der Waals surface area contributed by atoms with Crippen LogP contribution in [-0.4, -0.2) is 12.2 Å². The van der Waals surface area contributed by atoms with Gasteiger partial charge in [-0.2, -0.15) is 0 Å². The molecule has 2 aliphatic rings. The molecule has 0 aromatic heterocycles. The lowest BCUT2D eigenvalue weighted by Crippen LogP contribution is -2.46. The zero-order valence-corrected chi connectivity index (χ0v) is 17.8. The SMILES string of the molecule is Cc1cccc(CCCC[C@@]2(c3cccc(C)c3)CCOC3(CCCC3)C2)c1. The van der Waals surface area contributed by atoms with Crippen molar-refractivity contribution in [3.05, 3.63) is 70.8 Å². The molecule has 150 valence electrons. The molecule has 0 N–H and O–H groups in total. The summed E-state index contributed by atoms with van der Waals surface area (Å²) in [6.07, 6.45) is 12.7. The summed E-state index contributed by atoms with van der Waals surface area (Å²) in [5.74, 6) is 0. The van der Waals surface area contributed by atoms with Gasteiger partial charge in [-0.25, -0.2) is 0 Å². The molecule has 1 heteroatoms. The normalized spacial score (nSPS) is 23.9. The van der Waals surface area contributed by atoms with Crippen molar-refractivity contribution in [1.82, 2.24) is 0 Å². The lowest BCUT2D eigenvalue weighted by atomic mass is 9.65. The highest BCUT2D eigenvalue weighted by atomic mass is 16.5. The molecule has 1 atom stereocenters. The molecule has 0 amide bonds. The minimum absolute atomic E-state index is 0.165. The van der Waals surface area contributed by atoms with Gasteiger partial charge in [0, 0.05) is 12.0 Å². The third-order valence-electron chi connectivity index (χ3n) is 7.25. The first-order valence-corrected chi connectivity index (χ1v) is 11.4. The summed E-state index contributed by atoms with van der Waals surface area (Å²) in [4.78, 5) is 0. The van der Waals surface area contributed by atoms with Crippen LogP contribution in [0.2, 0.25) is 0 Å². The minimum atomic E-state index is 0.165. The number of rotatable bonds is 6. The number of hydrogen-bond donors (Lipinski definition) is 0. The van der Waals surface area contributed by atoms with Crippen molar-refractivity contribution < 1.29 is 4.74 Å². The van der Waals surface area contributed by atoms with Crippen LogP contribution in [0, 0.1) is 13.8 Å². The first-order chi connectivity index (χ1) is 13.6. The van der Waals surface area contributed by atoms with E-state index in [4.69, 9.17) is 4.74 Å². The van der Waals surface area contributed by atoms with E-state index < -0.39 is 0 Å². The molecule has 1 aliphatic carbocycles. The Morgan fingerprint density at radius 3 is 2.36 bits per heavy atom. The van der Waals surface area contributed by atoms with Crippen molar-refractivity contribution in [2.24, 2.45) is 0 Å². The second-order valence-corrected chi connectivity index (χ2v) is 9.51. The van der Waals surface area contributed by atoms with Crippen LogP contribution in [0.25, 0.3) is 0 Å². The van der Waals surface area contributed by atoms with Gasteiger partial charge in [0.25, 0.3) is 0 Å². The van der Waals surface area contributed by atoms with E-state index in [2.05, 4.69) is 62.4 Å². The second kappa shape index (κ2) is 8.41. The van der Waals surface area contributed by atoms with Gasteiger partial charge in [0.15, 0.2) is 0 Å². The molecule has 0 bridgehead atoms. The lowest BCUT2D eigenvalue weighted by Gasteiger charge is -2.47. The summed E-state index contributed by atoms with van der Waals surface area (Å²) in [5, 5.41) is 0. The molecule has 1 nitrogen and oxygen atoms in total. The molecular formula is C27H36O. The van der Waals surface area contributed by atoms with Crippen LogP contribution >= 0.6 is 0 Å². The highest BCUT2D eigenvalue weighted by Crippen LogP contribution is 2.50. The van der Waals surface area contributed by atoms with Crippen molar-refractivity contribution in [3.63, 3.8) is 0 Å². The average Bonchev–Trinajstić information content (AvgIpc) is 3.13. The molecular weight excluding hydrogens is 340 g/mol. The predicted molar refractivity (Wildman–Crippen MR) is 118 cm³/mol. The highest BCUT2D eigenvalue weighted by molar-refractivity contribution is 5.31. The number of hydrogen-bond acceptors (Lipinski definition) is 1. The van der Waals surface area contributed by atoms with Gasteiger partial charge in [-0.05, 0) is 69.9 Å². The number of benzene rings is 2. The molecule has 4 rings (SSSR count). The Bertz CT molecular complexity index is 786. The fourth-order valence-electron chi connectivity index (χ4n) is 5.80. The van der Waals surface area contributed by atoms with Crippen LogP contribution in [-0.2, 0) is 16.6 Å². The zero-order chi connectivity index (χ0) is 19.5. The second-order valence-electron chi connectivity index (χ2n) is 9.51. The van der Waals surface area contributed by atoms with Crippen LogP contribution in [0.3, 0.4) is 0 Å². The van der Waals surface area contributed by atoms with E-state index in [0.717, 1.165) is 6.61 Å². The quantitative estimate of drug-likeness (QED) is 0.490. The van der Waals surface area contributed by atoms with Gasteiger partial charge in [-0.1, -0.05) is 78.9 Å². The average molecular weight is 377 g/mol. The smallest absolute Gasteiger partial charge is 0.0691 e. The summed E-state index contributed by atoms with van der Waals surface area (Å²) in [7, 11) is 0. The van der Waals surface area contributed by atoms with Crippen LogP contribution in [0.5, 0.6) is 0 Å². The fraction of sp³-hybridized carbons (Fsp3) is 0.556. The Hall–Kier alpha value is -1.60. The van der Waals surface area contributed by atoms with Gasteiger partial charge in [0.2, 0.25) is 0 Å². The number of aryl methyl sites for hydroxylation is 3. The predicted octanol–water partition coefficient (Wildman–Crippen LogP) is 7.08. The number of unbranched alkanes of at least 4 members (excludes halogenated alkanes) is 1. The maximum Gasteiger partial charge on any atom is 0.0691 e. The Kier molecular flexibility index (Phi) is 5.92. The molecule has 1 spiro atoms. The van der Waals surface area contributed by atoms with E-state index in [-0.39, 0.29) is 5.60 Å². The molecule has 0 unspecified atom stereocenters. The van der Waals surface area contributed by atoms with Gasteiger partial charge in [-0.15, -0.1) is 0 Å². The number of ether oxygens (including phenoxy) is 1. The van der Waals surface area contributed by atoms with Gasteiger partial charge in [0.1, 0.15) is 0 Å². The highest BCUT2D eigenvalue weighted by Gasteiger charge is 2.47. The van der Waals surface area contributed by atoms with E-state index in [1.807, 2.05) is 0 Å². The topological polar surface area (TPSA) is 9.23 Å². The molecule has 1 heterocycles. The van der Waals surface area contributed by atoms with Crippen LogP contribution in [0.15, 0.2) is 48.5 Å². The van der Waals surface area contributed by atoms with Crippen molar-refractivity contribution in [1.29, 1.82) is 0 Å².